The molecule has 1 aromatic rings. The molecule has 0 aromatic carbocycles. The van der Waals surface area contributed by atoms with Crippen molar-refractivity contribution in [3.8, 4) is 0 Å². The Bertz CT molecular complexity index is 356. The highest BCUT2D eigenvalue weighted by Gasteiger charge is 2.05. The van der Waals surface area contributed by atoms with Crippen molar-refractivity contribution in [3.05, 3.63) is 11.9 Å². The molecule has 0 radical (unpaired) electrons. The molecule has 98 valence electrons. The average molecular weight is 260 g/mol. The summed E-state index contributed by atoms with van der Waals surface area (Å²) in [4.78, 5) is 0. The zero-order valence-corrected chi connectivity index (χ0v) is 11.1. The zero-order valence-electron chi connectivity index (χ0n) is 10.3. The van der Waals surface area contributed by atoms with Crippen LogP contribution in [0.4, 0.5) is 0 Å². The first kappa shape index (κ1) is 14.3. The molecule has 17 heavy (non-hydrogen) atoms. The minimum atomic E-state index is -0.733. The Morgan fingerprint density at radius 2 is 2.41 bits per heavy atom. The molecule has 0 saturated carbocycles. The van der Waals surface area contributed by atoms with Gasteiger partial charge in [-0.05, 0) is 13.3 Å². The van der Waals surface area contributed by atoms with E-state index in [0.29, 0.717) is 24.9 Å². The van der Waals surface area contributed by atoms with Crippen molar-refractivity contribution >= 4 is 10.8 Å². The second-order valence-corrected chi connectivity index (χ2v) is 5.60. The van der Waals surface area contributed by atoms with Crippen LogP contribution in [0.5, 0.6) is 0 Å². The van der Waals surface area contributed by atoms with Crippen molar-refractivity contribution in [2.45, 2.75) is 32.5 Å². The van der Waals surface area contributed by atoms with Gasteiger partial charge in [0.1, 0.15) is 0 Å². The van der Waals surface area contributed by atoms with Gasteiger partial charge in [-0.1, -0.05) is 5.21 Å². The summed E-state index contributed by atoms with van der Waals surface area (Å²) in [5, 5.41) is 19.9. The third-order valence-corrected chi connectivity index (χ3v) is 3.20. The standard InChI is InChI=1S/C10H20N4O2S/c1-9(3-6-17(2)16)11-7-10-8-14(4-5-15)13-12-10/h8-9,11,15H,3-7H2,1-2H3. The summed E-state index contributed by atoms with van der Waals surface area (Å²) < 4.78 is 12.5. The van der Waals surface area contributed by atoms with E-state index in [1.165, 1.54) is 0 Å². The number of rotatable bonds is 8. The molecule has 1 aromatic heterocycles. The van der Waals surface area contributed by atoms with Gasteiger partial charge in [-0.15, -0.1) is 5.10 Å². The first-order chi connectivity index (χ1) is 8.11. The SMILES string of the molecule is CC(CCS(C)=O)NCc1cn(CCO)nn1. The van der Waals surface area contributed by atoms with Gasteiger partial charge in [-0.3, -0.25) is 4.21 Å². The first-order valence-electron chi connectivity index (χ1n) is 5.65. The Morgan fingerprint density at radius 1 is 1.65 bits per heavy atom. The summed E-state index contributed by atoms with van der Waals surface area (Å²) in [6.07, 6.45) is 4.41. The van der Waals surface area contributed by atoms with Crippen LogP contribution < -0.4 is 5.32 Å². The van der Waals surface area contributed by atoms with Crippen molar-refractivity contribution in [1.82, 2.24) is 20.3 Å². The lowest BCUT2D eigenvalue weighted by Crippen LogP contribution is -2.27. The van der Waals surface area contributed by atoms with Crippen LogP contribution in [0.2, 0.25) is 0 Å². The highest BCUT2D eigenvalue weighted by Crippen LogP contribution is 1.97. The number of aliphatic hydroxyl groups is 1. The monoisotopic (exact) mass is 260 g/mol. The van der Waals surface area contributed by atoms with Crippen LogP contribution in [0.3, 0.4) is 0 Å². The van der Waals surface area contributed by atoms with E-state index in [1.807, 2.05) is 6.20 Å². The van der Waals surface area contributed by atoms with Gasteiger partial charge in [0.15, 0.2) is 0 Å². The summed E-state index contributed by atoms with van der Waals surface area (Å²) in [5.74, 6) is 0.714. The number of hydrogen-bond donors (Lipinski definition) is 2. The van der Waals surface area contributed by atoms with Crippen LogP contribution in [0, 0.1) is 0 Å². The van der Waals surface area contributed by atoms with E-state index in [-0.39, 0.29) is 6.61 Å². The molecule has 0 spiro atoms. The van der Waals surface area contributed by atoms with Gasteiger partial charge in [-0.25, -0.2) is 4.68 Å². The maximum atomic E-state index is 10.9. The molecule has 0 aliphatic rings. The molecule has 1 heterocycles. The largest absolute Gasteiger partial charge is 0.394 e. The number of aromatic nitrogens is 3. The van der Waals surface area contributed by atoms with E-state index < -0.39 is 10.8 Å². The molecule has 1 rings (SSSR count). The first-order valence-corrected chi connectivity index (χ1v) is 7.38. The summed E-state index contributed by atoms with van der Waals surface area (Å²) in [5.41, 5.74) is 0.850. The third-order valence-electron chi connectivity index (χ3n) is 2.39. The molecule has 0 amide bonds. The minimum absolute atomic E-state index is 0.0644. The van der Waals surface area contributed by atoms with Gasteiger partial charge in [0.2, 0.25) is 0 Å². The smallest absolute Gasteiger partial charge is 0.0964 e. The molecule has 2 unspecified atom stereocenters. The van der Waals surface area contributed by atoms with Crippen LogP contribution in [-0.4, -0.2) is 49.0 Å². The maximum absolute atomic E-state index is 10.9. The molecule has 0 saturated heterocycles. The molecule has 0 aliphatic heterocycles. The topological polar surface area (TPSA) is 80.0 Å². The number of nitrogens with one attached hydrogen (secondary N) is 1. The Kier molecular flexibility index (Phi) is 6.31. The van der Waals surface area contributed by atoms with E-state index in [1.54, 1.807) is 10.9 Å². The normalized spacial score (nSPS) is 14.8. The lowest BCUT2D eigenvalue weighted by atomic mass is 10.2. The predicted molar refractivity (Wildman–Crippen MR) is 67.0 cm³/mol. The fourth-order valence-corrected chi connectivity index (χ4v) is 2.04. The zero-order chi connectivity index (χ0) is 12.7. The number of nitrogens with zero attached hydrogens (tertiary/aromatic N) is 3. The highest BCUT2D eigenvalue weighted by atomic mass is 32.2. The van der Waals surface area contributed by atoms with Gasteiger partial charge in [-0.2, -0.15) is 0 Å². The van der Waals surface area contributed by atoms with Crippen LogP contribution in [0.1, 0.15) is 19.0 Å². The molecule has 0 bridgehead atoms. The number of aliphatic hydroxyl groups excluding tert-OH is 1. The highest BCUT2D eigenvalue weighted by molar-refractivity contribution is 7.84. The maximum Gasteiger partial charge on any atom is 0.0964 e. The van der Waals surface area contributed by atoms with Crippen molar-refractivity contribution in [1.29, 1.82) is 0 Å². The Hall–Kier alpha value is -0.790. The summed E-state index contributed by atoms with van der Waals surface area (Å²) >= 11 is 0. The number of hydrogen-bond acceptors (Lipinski definition) is 5. The van der Waals surface area contributed by atoms with Gasteiger partial charge in [0, 0.05) is 41.6 Å². The molecule has 7 heteroatoms. The Morgan fingerprint density at radius 3 is 3.06 bits per heavy atom. The van der Waals surface area contributed by atoms with E-state index in [2.05, 4.69) is 22.6 Å². The van der Waals surface area contributed by atoms with Gasteiger partial charge >= 0.3 is 0 Å². The van der Waals surface area contributed by atoms with Crippen LogP contribution >= 0.6 is 0 Å². The van der Waals surface area contributed by atoms with Gasteiger partial charge < -0.3 is 10.4 Å². The van der Waals surface area contributed by atoms with E-state index in [9.17, 15) is 4.21 Å². The second kappa shape index (κ2) is 7.52. The molecule has 0 fully saturated rings. The predicted octanol–water partition coefficient (Wildman–Crippen LogP) is -0.483. The lowest BCUT2D eigenvalue weighted by molar-refractivity contribution is 0.268. The van der Waals surface area contributed by atoms with Gasteiger partial charge in [0.25, 0.3) is 0 Å². The molecule has 2 atom stereocenters. The summed E-state index contributed by atoms with van der Waals surface area (Å²) in [6, 6.07) is 0.307. The Labute approximate surface area is 104 Å². The van der Waals surface area contributed by atoms with Crippen molar-refractivity contribution in [3.63, 3.8) is 0 Å². The molecule has 0 aliphatic carbocycles. The second-order valence-electron chi connectivity index (χ2n) is 4.04. The fourth-order valence-electron chi connectivity index (χ4n) is 1.35. The van der Waals surface area contributed by atoms with Crippen LogP contribution in [0.25, 0.3) is 0 Å². The van der Waals surface area contributed by atoms with Crippen molar-refractivity contribution < 1.29 is 9.32 Å². The molecule has 6 nitrogen and oxygen atoms in total. The van der Waals surface area contributed by atoms with E-state index in [4.69, 9.17) is 5.11 Å². The van der Waals surface area contributed by atoms with Crippen LogP contribution in [-0.2, 0) is 23.9 Å². The summed E-state index contributed by atoms with van der Waals surface area (Å²) in [7, 11) is -0.733. The fraction of sp³-hybridized carbons (Fsp3) is 0.800. The van der Waals surface area contributed by atoms with E-state index in [0.717, 1.165) is 12.1 Å². The molecular weight excluding hydrogens is 240 g/mol. The molecular formula is C10H20N4O2S. The third kappa shape index (κ3) is 5.90. The molecule has 2 N–H and O–H groups in total. The van der Waals surface area contributed by atoms with Gasteiger partial charge in [0.05, 0.1) is 18.8 Å². The quantitative estimate of drug-likeness (QED) is 0.660. The van der Waals surface area contributed by atoms with E-state index >= 15 is 0 Å². The van der Waals surface area contributed by atoms with Crippen molar-refractivity contribution in [2.24, 2.45) is 0 Å². The minimum Gasteiger partial charge on any atom is -0.394 e. The van der Waals surface area contributed by atoms with Crippen LogP contribution in [0.15, 0.2) is 6.20 Å². The average Bonchev–Trinajstić information content (AvgIpc) is 2.72. The summed E-state index contributed by atoms with van der Waals surface area (Å²) in [6.45, 7) is 3.24. The lowest BCUT2D eigenvalue weighted by Gasteiger charge is -2.11. The Balaban J connectivity index is 2.26. The van der Waals surface area contributed by atoms with Crippen molar-refractivity contribution in [2.75, 3.05) is 18.6 Å².